The Kier molecular flexibility index (Phi) is 6.21. The normalized spacial score (nSPS) is 21.2. The Bertz CT molecular complexity index is 734. The summed E-state index contributed by atoms with van der Waals surface area (Å²) < 4.78 is 27.1. The van der Waals surface area contributed by atoms with Crippen LogP contribution in [0.1, 0.15) is 35.4 Å². The lowest BCUT2D eigenvalue weighted by atomic mass is 9.97. The quantitative estimate of drug-likeness (QED) is 0.829. The van der Waals surface area contributed by atoms with Crippen molar-refractivity contribution in [3.63, 3.8) is 0 Å². The molecule has 2 aliphatic rings. The lowest BCUT2D eigenvalue weighted by molar-refractivity contribution is -0.138. The Morgan fingerprint density at radius 1 is 1.16 bits per heavy atom. The van der Waals surface area contributed by atoms with Crippen LogP contribution >= 0.6 is 23.7 Å². The van der Waals surface area contributed by atoms with E-state index in [1.165, 1.54) is 15.6 Å². The van der Waals surface area contributed by atoms with E-state index in [0.717, 1.165) is 35.4 Å². The first-order valence-electron chi connectivity index (χ1n) is 8.39. The van der Waals surface area contributed by atoms with Crippen LogP contribution in [0.2, 0.25) is 0 Å². The summed E-state index contributed by atoms with van der Waals surface area (Å²) in [7, 11) is -3.48. The summed E-state index contributed by atoms with van der Waals surface area (Å²) in [6, 6.07) is 1.74. The molecule has 1 saturated heterocycles. The predicted octanol–water partition coefficient (Wildman–Crippen LogP) is 1.89. The average Bonchev–Trinajstić information content (AvgIpc) is 3.13. The van der Waals surface area contributed by atoms with Gasteiger partial charge in [-0.25, -0.2) is 8.42 Å². The molecule has 1 saturated carbocycles. The lowest BCUT2D eigenvalue weighted by Crippen LogP contribution is -2.59. The largest absolute Gasteiger partial charge is 0.338 e. The molecule has 0 bridgehead atoms. The first kappa shape index (κ1) is 20.6. The highest BCUT2D eigenvalue weighted by molar-refractivity contribution is 7.89. The number of amides is 1. The second-order valence-electron chi connectivity index (χ2n) is 6.84. The first-order chi connectivity index (χ1) is 11.2. The molecule has 0 unspecified atom stereocenters. The Morgan fingerprint density at radius 3 is 2.20 bits per heavy atom. The van der Waals surface area contributed by atoms with Crippen molar-refractivity contribution < 1.29 is 13.2 Å². The van der Waals surface area contributed by atoms with Crippen LogP contribution in [0.4, 0.5) is 0 Å². The zero-order valence-electron chi connectivity index (χ0n) is 14.7. The molecular formula is C16H26ClN3O3S2. The number of hydrogen-bond acceptors (Lipinski definition) is 5. The molecule has 1 aliphatic carbocycles. The van der Waals surface area contributed by atoms with Crippen LogP contribution in [0, 0.1) is 13.8 Å². The maximum Gasteiger partial charge on any atom is 0.244 e. The Morgan fingerprint density at radius 2 is 1.72 bits per heavy atom. The molecule has 9 heteroatoms. The fraction of sp³-hybridized carbons (Fsp3) is 0.688. The van der Waals surface area contributed by atoms with E-state index in [1.54, 1.807) is 11.0 Å². The third-order valence-corrected chi connectivity index (χ3v) is 8.18. The van der Waals surface area contributed by atoms with Gasteiger partial charge in [-0.1, -0.05) is 12.8 Å². The van der Waals surface area contributed by atoms with Gasteiger partial charge in [-0.15, -0.1) is 23.7 Å². The Balaban J connectivity index is 0.00000225. The molecule has 6 nitrogen and oxygen atoms in total. The van der Waals surface area contributed by atoms with Crippen molar-refractivity contribution in [2.24, 2.45) is 5.73 Å². The van der Waals surface area contributed by atoms with E-state index >= 15 is 0 Å². The van der Waals surface area contributed by atoms with E-state index in [-0.39, 0.29) is 18.3 Å². The van der Waals surface area contributed by atoms with Gasteiger partial charge in [0.05, 0.1) is 10.4 Å². The van der Waals surface area contributed by atoms with Crippen LogP contribution < -0.4 is 5.73 Å². The monoisotopic (exact) mass is 407 g/mol. The number of carbonyl (C=O) groups excluding carboxylic acids is 1. The number of piperazine rings is 1. The number of halogens is 1. The van der Waals surface area contributed by atoms with Crippen molar-refractivity contribution in [1.29, 1.82) is 0 Å². The van der Waals surface area contributed by atoms with Gasteiger partial charge in [0.15, 0.2) is 0 Å². The lowest BCUT2D eigenvalue weighted by Gasteiger charge is -2.37. The molecule has 0 spiro atoms. The van der Waals surface area contributed by atoms with Gasteiger partial charge in [0.25, 0.3) is 0 Å². The van der Waals surface area contributed by atoms with Crippen LogP contribution in [0.15, 0.2) is 11.0 Å². The summed E-state index contributed by atoms with van der Waals surface area (Å²) in [6.45, 7) is 5.24. The molecule has 1 amide bonds. The molecule has 0 aromatic carbocycles. The van der Waals surface area contributed by atoms with Crippen molar-refractivity contribution in [3.05, 3.63) is 15.8 Å². The van der Waals surface area contributed by atoms with E-state index in [9.17, 15) is 13.2 Å². The number of nitrogens with zero attached hydrogens (tertiary/aromatic N) is 2. The fourth-order valence-electron chi connectivity index (χ4n) is 3.67. The molecule has 25 heavy (non-hydrogen) atoms. The molecule has 142 valence electrons. The van der Waals surface area contributed by atoms with Gasteiger partial charge in [0, 0.05) is 35.9 Å². The third-order valence-electron chi connectivity index (χ3n) is 5.06. The number of carbonyl (C=O) groups is 1. The van der Waals surface area contributed by atoms with Crippen molar-refractivity contribution in [2.75, 3.05) is 26.2 Å². The molecule has 3 rings (SSSR count). The Labute approximate surface area is 159 Å². The highest BCUT2D eigenvalue weighted by Crippen LogP contribution is 2.31. The molecule has 0 radical (unpaired) electrons. The summed E-state index contributed by atoms with van der Waals surface area (Å²) in [5.41, 5.74) is 5.51. The van der Waals surface area contributed by atoms with Crippen LogP contribution in [0.5, 0.6) is 0 Å². The van der Waals surface area contributed by atoms with E-state index in [4.69, 9.17) is 5.73 Å². The van der Waals surface area contributed by atoms with Crippen LogP contribution in [-0.4, -0.2) is 55.2 Å². The zero-order chi connectivity index (χ0) is 17.5. The molecule has 1 aromatic heterocycles. The van der Waals surface area contributed by atoms with Gasteiger partial charge in [0.1, 0.15) is 0 Å². The number of sulfonamides is 1. The molecular weight excluding hydrogens is 382 g/mol. The van der Waals surface area contributed by atoms with Gasteiger partial charge >= 0.3 is 0 Å². The molecule has 1 aromatic rings. The van der Waals surface area contributed by atoms with Crippen LogP contribution in [0.3, 0.4) is 0 Å². The van der Waals surface area contributed by atoms with Gasteiger partial charge < -0.3 is 10.6 Å². The number of hydrogen-bond donors (Lipinski definition) is 1. The maximum absolute atomic E-state index is 12.8. The fourth-order valence-corrected chi connectivity index (χ4v) is 6.61. The smallest absolute Gasteiger partial charge is 0.244 e. The molecule has 0 atom stereocenters. The number of nitrogens with two attached hydrogens (primary N) is 1. The Hall–Kier alpha value is -0.670. The van der Waals surface area contributed by atoms with Gasteiger partial charge in [-0.3, -0.25) is 4.79 Å². The van der Waals surface area contributed by atoms with Crippen molar-refractivity contribution in [1.82, 2.24) is 9.21 Å². The van der Waals surface area contributed by atoms with Gasteiger partial charge in [0.2, 0.25) is 15.9 Å². The summed E-state index contributed by atoms with van der Waals surface area (Å²) in [5, 5.41) is 0. The molecule has 1 aliphatic heterocycles. The molecule has 2 N–H and O–H groups in total. The molecule has 2 fully saturated rings. The van der Waals surface area contributed by atoms with E-state index < -0.39 is 15.6 Å². The second kappa shape index (κ2) is 7.52. The third kappa shape index (κ3) is 3.88. The van der Waals surface area contributed by atoms with E-state index in [1.807, 2.05) is 13.8 Å². The van der Waals surface area contributed by atoms with E-state index in [0.29, 0.717) is 31.1 Å². The average molecular weight is 408 g/mol. The van der Waals surface area contributed by atoms with Crippen LogP contribution in [-0.2, 0) is 14.8 Å². The zero-order valence-corrected chi connectivity index (χ0v) is 17.1. The number of thiophene rings is 1. The van der Waals surface area contributed by atoms with Crippen molar-refractivity contribution in [2.45, 2.75) is 50.0 Å². The highest BCUT2D eigenvalue weighted by atomic mass is 35.5. The van der Waals surface area contributed by atoms with E-state index in [2.05, 4.69) is 0 Å². The van der Waals surface area contributed by atoms with Crippen molar-refractivity contribution in [3.8, 4) is 0 Å². The summed E-state index contributed by atoms with van der Waals surface area (Å²) in [4.78, 5) is 16.6. The second-order valence-corrected chi connectivity index (χ2v) is 10.2. The minimum Gasteiger partial charge on any atom is -0.338 e. The summed E-state index contributed by atoms with van der Waals surface area (Å²) >= 11 is 1.49. The maximum atomic E-state index is 12.8. The minimum absolute atomic E-state index is 0. The standard InChI is InChI=1S/C16H25N3O3S2.ClH/c1-12-11-14(13(2)23-12)24(21,22)19-9-7-18(8-10-19)15(20)16(17)5-3-4-6-16;/h11H,3-10,17H2,1-2H3;1H. The number of rotatable bonds is 3. The van der Waals surface area contributed by atoms with Gasteiger partial charge in [-0.2, -0.15) is 4.31 Å². The first-order valence-corrected chi connectivity index (χ1v) is 10.7. The van der Waals surface area contributed by atoms with Crippen LogP contribution in [0.25, 0.3) is 0 Å². The van der Waals surface area contributed by atoms with Gasteiger partial charge in [-0.05, 0) is 32.8 Å². The summed E-state index contributed by atoms with van der Waals surface area (Å²) in [6.07, 6.45) is 3.45. The summed E-state index contributed by atoms with van der Waals surface area (Å²) in [5.74, 6) is -0.0143. The predicted molar refractivity (Wildman–Crippen MR) is 102 cm³/mol. The minimum atomic E-state index is -3.48. The van der Waals surface area contributed by atoms with Crippen molar-refractivity contribution >= 4 is 39.7 Å². The highest BCUT2D eigenvalue weighted by Gasteiger charge is 2.41. The topological polar surface area (TPSA) is 83.7 Å². The molecule has 2 heterocycles. The number of aryl methyl sites for hydroxylation is 2. The SMILES string of the molecule is Cc1cc(S(=O)(=O)N2CCN(C(=O)C3(N)CCCC3)CC2)c(C)s1.Cl.